The summed E-state index contributed by atoms with van der Waals surface area (Å²) in [5, 5.41) is 4.89. The third kappa shape index (κ3) is 5.31. The van der Waals surface area contributed by atoms with Crippen LogP contribution in [0.1, 0.15) is 32.3 Å². The second kappa shape index (κ2) is 8.80. The summed E-state index contributed by atoms with van der Waals surface area (Å²) in [4.78, 5) is 0. The van der Waals surface area contributed by atoms with Gasteiger partial charge in [-0.1, -0.05) is 49.5 Å². The molecule has 1 rings (SSSR count). The van der Waals surface area contributed by atoms with Gasteiger partial charge >= 0.3 is 0 Å². The molecule has 1 aromatic carbocycles. The van der Waals surface area contributed by atoms with E-state index in [-0.39, 0.29) is 12.1 Å². The predicted octanol–water partition coefficient (Wildman–Crippen LogP) is 4.33. The van der Waals surface area contributed by atoms with Gasteiger partial charge in [-0.3, -0.25) is 0 Å². The Hall–Kier alpha value is -0.280. The van der Waals surface area contributed by atoms with Crippen LogP contribution in [0.4, 0.5) is 0 Å². The van der Waals surface area contributed by atoms with E-state index < -0.39 is 0 Å². The monoisotopic (exact) mass is 303 g/mol. The number of hydrogen-bond donors (Lipinski definition) is 1. The number of halogens is 2. The Morgan fingerprint density at radius 3 is 2.53 bits per heavy atom. The van der Waals surface area contributed by atoms with Crippen LogP contribution in [0.15, 0.2) is 18.2 Å². The van der Waals surface area contributed by atoms with Crippen LogP contribution in [-0.2, 0) is 11.2 Å². The van der Waals surface area contributed by atoms with Gasteiger partial charge < -0.3 is 10.1 Å². The summed E-state index contributed by atoms with van der Waals surface area (Å²) in [5.74, 6) is 0. The molecule has 0 heterocycles. The van der Waals surface area contributed by atoms with Crippen molar-refractivity contribution in [3.05, 3.63) is 33.8 Å². The van der Waals surface area contributed by atoms with E-state index in [1.807, 2.05) is 12.1 Å². The Kier molecular flexibility index (Phi) is 7.77. The average molecular weight is 304 g/mol. The second-order valence-electron chi connectivity index (χ2n) is 4.67. The van der Waals surface area contributed by atoms with Crippen LogP contribution in [0.2, 0.25) is 10.0 Å². The lowest BCUT2D eigenvalue weighted by atomic mass is 9.98. The highest BCUT2D eigenvalue weighted by Gasteiger charge is 2.21. The Bertz CT molecular complexity index is 384. The van der Waals surface area contributed by atoms with Crippen LogP contribution in [-0.4, -0.2) is 25.8 Å². The molecule has 0 aromatic heterocycles. The van der Waals surface area contributed by atoms with Crippen molar-refractivity contribution >= 4 is 23.2 Å². The first-order chi connectivity index (χ1) is 9.12. The minimum absolute atomic E-state index is 0.205. The van der Waals surface area contributed by atoms with Gasteiger partial charge in [-0.15, -0.1) is 0 Å². The van der Waals surface area contributed by atoms with E-state index in [9.17, 15) is 0 Å². The maximum atomic E-state index is 6.25. The summed E-state index contributed by atoms with van der Waals surface area (Å²) in [7, 11) is 1.77. The van der Waals surface area contributed by atoms with Crippen LogP contribution in [0.25, 0.3) is 0 Å². The fourth-order valence-corrected chi connectivity index (χ4v) is 2.77. The molecule has 0 spiro atoms. The molecule has 4 heteroatoms. The van der Waals surface area contributed by atoms with E-state index in [2.05, 4.69) is 19.2 Å². The molecule has 19 heavy (non-hydrogen) atoms. The molecule has 1 N–H and O–H groups in total. The maximum absolute atomic E-state index is 6.25. The topological polar surface area (TPSA) is 21.3 Å². The highest BCUT2D eigenvalue weighted by Crippen LogP contribution is 2.23. The Balaban J connectivity index is 2.81. The molecular weight excluding hydrogens is 281 g/mol. The quantitative estimate of drug-likeness (QED) is 0.772. The molecule has 1 aromatic rings. The fraction of sp³-hybridized carbons (Fsp3) is 0.600. The number of likely N-dealkylation sites (N-methyl/N-ethyl adjacent to an activating group) is 1. The maximum Gasteiger partial charge on any atom is 0.0727 e. The molecule has 0 amide bonds. The van der Waals surface area contributed by atoms with Crippen molar-refractivity contribution in [1.29, 1.82) is 0 Å². The molecule has 0 aliphatic heterocycles. The largest absolute Gasteiger partial charge is 0.380 e. The molecule has 108 valence electrons. The number of methoxy groups -OCH3 is 1. The molecular formula is C15H23Cl2NO. The van der Waals surface area contributed by atoms with Crippen LogP contribution in [0.5, 0.6) is 0 Å². The van der Waals surface area contributed by atoms with Gasteiger partial charge in [0.1, 0.15) is 0 Å². The third-order valence-corrected chi connectivity index (χ3v) is 3.83. The van der Waals surface area contributed by atoms with Crippen LogP contribution >= 0.6 is 23.2 Å². The smallest absolute Gasteiger partial charge is 0.0727 e. The lowest BCUT2D eigenvalue weighted by Gasteiger charge is -2.27. The van der Waals surface area contributed by atoms with Crippen molar-refractivity contribution in [1.82, 2.24) is 5.32 Å². The van der Waals surface area contributed by atoms with E-state index in [0.29, 0.717) is 5.02 Å². The van der Waals surface area contributed by atoms with Crippen molar-refractivity contribution in [3.8, 4) is 0 Å². The highest BCUT2D eigenvalue weighted by atomic mass is 35.5. The summed E-state index contributed by atoms with van der Waals surface area (Å²) >= 11 is 12.2. The molecule has 0 aliphatic carbocycles. The van der Waals surface area contributed by atoms with E-state index in [1.54, 1.807) is 13.2 Å². The summed E-state index contributed by atoms with van der Waals surface area (Å²) in [6.45, 7) is 5.19. The van der Waals surface area contributed by atoms with E-state index in [1.165, 1.54) is 0 Å². The summed E-state index contributed by atoms with van der Waals surface area (Å²) in [6, 6.07) is 5.94. The first-order valence-corrected chi connectivity index (χ1v) is 7.58. The number of ether oxygens (including phenoxy) is 1. The molecule has 0 aliphatic rings. The normalized spacial score (nSPS) is 14.4. The van der Waals surface area contributed by atoms with E-state index in [0.717, 1.165) is 36.4 Å². The predicted molar refractivity (Wildman–Crippen MR) is 83.3 cm³/mol. The first kappa shape index (κ1) is 16.8. The first-order valence-electron chi connectivity index (χ1n) is 6.82. The van der Waals surface area contributed by atoms with Gasteiger partial charge in [0.25, 0.3) is 0 Å². The molecule has 0 bridgehead atoms. The Labute approximate surface area is 126 Å². The number of benzene rings is 1. The van der Waals surface area contributed by atoms with Gasteiger partial charge in [0, 0.05) is 23.2 Å². The number of rotatable bonds is 8. The van der Waals surface area contributed by atoms with Crippen LogP contribution in [0.3, 0.4) is 0 Å². The fourth-order valence-electron chi connectivity index (χ4n) is 2.29. The summed E-state index contributed by atoms with van der Waals surface area (Å²) in [6.07, 6.45) is 3.20. The van der Waals surface area contributed by atoms with Crippen molar-refractivity contribution in [2.45, 2.75) is 45.3 Å². The van der Waals surface area contributed by atoms with Gasteiger partial charge in [-0.25, -0.2) is 0 Å². The van der Waals surface area contributed by atoms with Crippen molar-refractivity contribution < 1.29 is 4.74 Å². The standard InChI is InChI=1S/C15H23Cl2NO/c1-4-6-15(19-3)14(18-5-2)9-11-7-8-12(16)10-13(11)17/h7-8,10,14-15,18H,4-6,9H2,1-3H3. The Morgan fingerprint density at radius 1 is 1.26 bits per heavy atom. The molecule has 0 saturated carbocycles. The second-order valence-corrected chi connectivity index (χ2v) is 5.51. The summed E-state index contributed by atoms with van der Waals surface area (Å²) in [5.41, 5.74) is 1.11. The van der Waals surface area contributed by atoms with Gasteiger partial charge in [0.2, 0.25) is 0 Å². The van der Waals surface area contributed by atoms with Crippen molar-refractivity contribution in [3.63, 3.8) is 0 Å². The van der Waals surface area contributed by atoms with Crippen molar-refractivity contribution in [2.24, 2.45) is 0 Å². The Morgan fingerprint density at radius 2 is 2.00 bits per heavy atom. The van der Waals surface area contributed by atoms with Gasteiger partial charge in [-0.05, 0) is 37.1 Å². The van der Waals surface area contributed by atoms with Gasteiger partial charge in [0.05, 0.1) is 6.10 Å². The molecule has 2 unspecified atom stereocenters. The zero-order valence-corrected chi connectivity index (χ0v) is 13.4. The minimum Gasteiger partial charge on any atom is -0.380 e. The lowest BCUT2D eigenvalue weighted by Crippen LogP contribution is -2.42. The van der Waals surface area contributed by atoms with Crippen molar-refractivity contribution in [2.75, 3.05) is 13.7 Å². The zero-order chi connectivity index (χ0) is 14.3. The number of nitrogens with one attached hydrogen (secondary N) is 1. The third-order valence-electron chi connectivity index (χ3n) is 3.25. The molecule has 0 radical (unpaired) electrons. The summed E-state index contributed by atoms with van der Waals surface area (Å²) < 4.78 is 5.61. The van der Waals surface area contributed by atoms with Gasteiger partial charge in [-0.2, -0.15) is 0 Å². The van der Waals surface area contributed by atoms with Crippen LogP contribution in [0, 0.1) is 0 Å². The molecule has 2 atom stereocenters. The van der Waals surface area contributed by atoms with E-state index >= 15 is 0 Å². The molecule has 0 fully saturated rings. The SMILES string of the molecule is CCCC(OC)C(Cc1ccc(Cl)cc1Cl)NCC. The van der Waals surface area contributed by atoms with Crippen LogP contribution < -0.4 is 5.32 Å². The highest BCUT2D eigenvalue weighted by molar-refractivity contribution is 6.35. The average Bonchev–Trinajstić information content (AvgIpc) is 2.38. The zero-order valence-electron chi connectivity index (χ0n) is 11.9. The minimum atomic E-state index is 0.205. The molecule has 0 saturated heterocycles. The lowest BCUT2D eigenvalue weighted by molar-refractivity contribution is 0.0614. The van der Waals surface area contributed by atoms with E-state index in [4.69, 9.17) is 27.9 Å². The van der Waals surface area contributed by atoms with Gasteiger partial charge in [0.15, 0.2) is 0 Å². The number of hydrogen-bond acceptors (Lipinski definition) is 2. The molecule has 2 nitrogen and oxygen atoms in total.